The van der Waals surface area contributed by atoms with Crippen molar-refractivity contribution in [3.63, 3.8) is 0 Å². The third-order valence-corrected chi connectivity index (χ3v) is 3.52. The Morgan fingerprint density at radius 1 is 1.00 bits per heavy atom. The van der Waals surface area contributed by atoms with Crippen molar-refractivity contribution in [2.45, 2.75) is 6.42 Å². The van der Waals surface area contributed by atoms with Crippen molar-refractivity contribution in [3.8, 4) is 0 Å². The minimum absolute atomic E-state index is 1.09. The molecule has 1 heteroatoms. The van der Waals surface area contributed by atoms with E-state index >= 15 is 0 Å². The Hall–Kier alpha value is -1.34. The fourth-order valence-corrected chi connectivity index (χ4v) is 2.73. The van der Waals surface area contributed by atoms with E-state index in [1.165, 1.54) is 21.6 Å². The Morgan fingerprint density at radius 2 is 1.93 bits per heavy atom. The van der Waals surface area contributed by atoms with E-state index in [4.69, 9.17) is 0 Å². The minimum Gasteiger partial charge on any atom is -0.144 e. The van der Waals surface area contributed by atoms with Gasteiger partial charge in [0.1, 0.15) is 0 Å². The van der Waals surface area contributed by atoms with Crippen LogP contribution in [0.2, 0.25) is 0 Å². The first-order valence-electron chi connectivity index (χ1n) is 4.77. The predicted octanol–water partition coefficient (Wildman–Crippen LogP) is 3.74. The largest absolute Gasteiger partial charge is 0.144 e. The van der Waals surface area contributed by atoms with Crippen LogP contribution in [0.3, 0.4) is 0 Å². The fourth-order valence-electron chi connectivity index (χ4n) is 1.95. The third-order valence-electron chi connectivity index (χ3n) is 2.62. The van der Waals surface area contributed by atoms with Crippen LogP contribution in [0.25, 0.3) is 5.57 Å². The van der Waals surface area contributed by atoms with Crippen molar-refractivity contribution in [3.05, 3.63) is 63.9 Å². The van der Waals surface area contributed by atoms with E-state index in [1.807, 2.05) is 11.3 Å². The molecular formula is C13H10S. The van der Waals surface area contributed by atoms with Crippen molar-refractivity contribution in [1.29, 1.82) is 0 Å². The molecule has 0 bridgehead atoms. The zero-order chi connectivity index (χ0) is 9.38. The van der Waals surface area contributed by atoms with Crippen molar-refractivity contribution >= 4 is 16.9 Å². The van der Waals surface area contributed by atoms with Gasteiger partial charge in [-0.15, -0.1) is 11.3 Å². The van der Waals surface area contributed by atoms with E-state index < -0.39 is 0 Å². The maximum Gasteiger partial charge on any atom is 0.0345 e. The summed E-state index contributed by atoms with van der Waals surface area (Å²) < 4.78 is 0. The number of fused-ring (bicyclic) bond motifs is 1. The summed E-state index contributed by atoms with van der Waals surface area (Å²) in [4.78, 5) is 1.38. The van der Waals surface area contributed by atoms with E-state index in [-0.39, 0.29) is 0 Å². The molecule has 0 unspecified atom stereocenters. The molecule has 0 radical (unpaired) electrons. The number of benzene rings is 1. The molecule has 0 amide bonds. The standard InChI is InChI=1S/C13H10S/c1-2-5-11-10(4-1)7-8-12(11)13-6-3-9-14-13/h1-6,8-9H,7H2. The average molecular weight is 198 g/mol. The molecule has 14 heavy (non-hydrogen) atoms. The van der Waals surface area contributed by atoms with Crippen LogP contribution >= 0.6 is 11.3 Å². The lowest BCUT2D eigenvalue weighted by molar-refractivity contribution is 1.31. The Labute approximate surface area is 87.5 Å². The molecule has 0 saturated carbocycles. The molecule has 1 heterocycles. The quantitative estimate of drug-likeness (QED) is 0.655. The van der Waals surface area contributed by atoms with Crippen LogP contribution < -0.4 is 0 Å². The maximum atomic E-state index is 2.33. The normalized spacial score (nSPS) is 13.9. The monoisotopic (exact) mass is 198 g/mol. The molecule has 0 saturated heterocycles. The third kappa shape index (κ3) is 1.13. The van der Waals surface area contributed by atoms with Crippen LogP contribution in [-0.2, 0) is 6.42 Å². The van der Waals surface area contributed by atoms with Gasteiger partial charge in [-0.2, -0.15) is 0 Å². The van der Waals surface area contributed by atoms with Gasteiger partial charge < -0.3 is 0 Å². The number of allylic oxidation sites excluding steroid dienone is 1. The van der Waals surface area contributed by atoms with E-state index in [0.29, 0.717) is 0 Å². The number of thiophene rings is 1. The van der Waals surface area contributed by atoms with Gasteiger partial charge in [0.15, 0.2) is 0 Å². The van der Waals surface area contributed by atoms with E-state index in [0.717, 1.165) is 6.42 Å². The summed E-state index contributed by atoms with van der Waals surface area (Å²) in [5.74, 6) is 0. The molecule has 0 spiro atoms. The topological polar surface area (TPSA) is 0 Å². The highest BCUT2D eigenvalue weighted by Crippen LogP contribution is 2.34. The van der Waals surface area contributed by atoms with Crippen LogP contribution in [0.4, 0.5) is 0 Å². The summed E-state index contributed by atoms with van der Waals surface area (Å²) in [6.07, 6.45) is 3.42. The highest BCUT2D eigenvalue weighted by atomic mass is 32.1. The van der Waals surface area contributed by atoms with Crippen LogP contribution in [-0.4, -0.2) is 0 Å². The molecule has 1 aromatic heterocycles. The second-order valence-electron chi connectivity index (χ2n) is 3.46. The van der Waals surface area contributed by atoms with Gasteiger partial charge in [-0.1, -0.05) is 36.4 Å². The zero-order valence-electron chi connectivity index (χ0n) is 7.73. The van der Waals surface area contributed by atoms with Crippen LogP contribution in [0.1, 0.15) is 16.0 Å². The Balaban J connectivity index is 2.14. The van der Waals surface area contributed by atoms with Gasteiger partial charge in [-0.05, 0) is 34.6 Å². The summed E-state index contributed by atoms with van der Waals surface area (Å²) in [5.41, 5.74) is 4.28. The van der Waals surface area contributed by atoms with Gasteiger partial charge in [0.2, 0.25) is 0 Å². The van der Waals surface area contributed by atoms with Gasteiger partial charge in [0.25, 0.3) is 0 Å². The lowest BCUT2D eigenvalue weighted by Gasteiger charge is -2.02. The molecule has 2 aromatic rings. The number of hydrogen-bond acceptors (Lipinski definition) is 1. The Morgan fingerprint density at radius 3 is 2.79 bits per heavy atom. The van der Waals surface area contributed by atoms with E-state index in [2.05, 4.69) is 47.9 Å². The summed E-state index contributed by atoms with van der Waals surface area (Å²) in [7, 11) is 0. The van der Waals surface area contributed by atoms with Crippen molar-refractivity contribution < 1.29 is 0 Å². The summed E-state index contributed by atoms with van der Waals surface area (Å²) >= 11 is 1.82. The van der Waals surface area contributed by atoms with Crippen LogP contribution in [0.5, 0.6) is 0 Å². The van der Waals surface area contributed by atoms with Crippen molar-refractivity contribution in [2.75, 3.05) is 0 Å². The fraction of sp³-hybridized carbons (Fsp3) is 0.0769. The molecule has 0 fully saturated rings. The highest BCUT2D eigenvalue weighted by Gasteiger charge is 2.14. The first-order chi connectivity index (χ1) is 6.95. The highest BCUT2D eigenvalue weighted by molar-refractivity contribution is 7.11. The smallest absolute Gasteiger partial charge is 0.0345 e. The molecule has 0 atom stereocenters. The first-order valence-corrected chi connectivity index (χ1v) is 5.65. The van der Waals surface area contributed by atoms with E-state index in [9.17, 15) is 0 Å². The lowest BCUT2D eigenvalue weighted by atomic mass is 10.1. The molecule has 0 nitrogen and oxygen atoms in total. The van der Waals surface area contributed by atoms with Gasteiger partial charge in [-0.3, -0.25) is 0 Å². The molecule has 0 aliphatic heterocycles. The summed E-state index contributed by atoms with van der Waals surface area (Å²) in [6.45, 7) is 0. The lowest BCUT2D eigenvalue weighted by Crippen LogP contribution is -1.82. The Kier molecular flexibility index (Phi) is 1.78. The average Bonchev–Trinajstić information content (AvgIpc) is 2.85. The first kappa shape index (κ1) is 8.01. The van der Waals surface area contributed by atoms with E-state index in [1.54, 1.807) is 0 Å². The molecule has 1 aromatic carbocycles. The molecule has 68 valence electrons. The molecular weight excluding hydrogens is 188 g/mol. The van der Waals surface area contributed by atoms with Gasteiger partial charge in [0.05, 0.1) is 0 Å². The second-order valence-corrected chi connectivity index (χ2v) is 4.40. The SMILES string of the molecule is C1=C(c2cccs2)c2ccccc2C1. The predicted molar refractivity (Wildman–Crippen MR) is 61.5 cm³/mol. The second kappa shape index (κ2) is 3.10. The molecule has 1 aliphatic carbocycles. The molecule has 3 rings (SSSR count). The van der Waals surface area contributed by atoms with Gasteiger partial charge >= 0.3 is 0 Å². The number of hydrogen-bond donors (Lipinski definition) is 0. The summed E-state index contributed by atoms with van der Waals surface area (Å²) in [5, 5.41) is 2.14. The maximum absolute atomic E-state index is 2.33. The summed E-state index contributed by atoms with van der Waals surface area (Å²) in [6, 6.07) is 13.0. The number of rotatable bonds is 1. The molecule has 0 N–H and O–H groups in total. The zero-order valence-corrected chi connectivity index (χ0v) is 8.55. The van der Waals surface area contributed by atoms with Crippen molar-refractivity contribution in [1.82, 2.24) is 0 Å². The van der Waals surface area contributed by atoms with Crippen molar-refractivity contribution in [2.24, 2.45) is 0 Å². The van der Waals surface area contributed by atoms with Gasteiger partial charge in [-0.25, -0.2) is 0 Å². The molecule has 1 aliphatic rings. The minimum atomic E-state index is 1.09. The van der Waals surface area contributed by atoms with Crippen LogP contribution in [0, 0.1) is 0 Å². The Bertz CT molecular complexity index is 478. The van der Waals surface area contributed by atoms with Crippen LogP contribution in [0.15, 0.2) is 47.9 Å². The van der Waals surface area contributed by atoms with Gasteiger partial charge in [0, 0.05) is 4.88 Å².